The van der Waals surface area contributed by atoms with Gasteiger partial charge in [0.25, 0.3) is 0 Å². The van der Waals surface area contributed by atoms with Gasteiger partial charge in [0, 0.05) is 10.0 Å². The fourth-order valence-electron chi connectivity index (χ4n) is 1.36. The summed E-state index contributed by atoms with van der Waals surface area (Å²) in [6, 6.07) is 4.74. The maximum atomic E-state index is 13.1. The predicted octanol–water partition coefficient (Wildman–Crippen LogP) is 3.75. The fourth-order valence-corrected chi connectivity index (χ4v) is 2.78. The van der Waals surface area contributed by atoms with E-state index in [0.717, 1.165) is 21.9 Å². The third kappa shape index (κ3) is 1.60. The van der Waals surface area contributed by atoms with Crippen LogP contribution in [0.5, 0.6) is 0 Å². The Kier molecular flexibility index (Phi) is 2.65. The van der Waals surface area contributed by atoms with Crippen molar-refractivity contribution in [3.63, 3.8) is 0 Å². The first-order valence-corrected chi connectivity index (χ1v) is 5.91. The van der Waals surface area contributed by atoms with Crippen molar-refractivity contribution in [3.05, 3.63) is 34.5 Å². The van der Waals surface area contributed by atoms with Crippen LogP contribution in [0.1, 0.15) is 15.2 Å². The Morgan fingerprint density at radius 3 is 2.86 bits per heavy atom. The lowest BCUT2D eigenvalue weighted by Gasteiger charge is -1.97. The van der Waals surface area contributed by atoms with Gasteiger partial charge in [0.05, 0.1) is 4.88 Å². The Balaban J connectivity index is 2.77. The molecular weight excluding hydrogens is 267 g/mol. The average Bonchev–Trinajstić information content (AvgIpc) is 2.59. The van der Waals surface area contributed by atoms with E-state index in [9.17, 15) is 9.18 Å². The topological polar surface area (TPSA) is 17.1 Å². The first-order valence-electron chi connectivity index (χ1n) is 3.97. The largest absolute Gasteiger partial charge is 0.297 e. The van der Waals surface area contributed by atoms with E-state index in [1.165, 1.54) is 23.5 Å². The molecule has 2 rings (SSSR count). The van der Waals surface area contributed by atoms with Crippen LogP contribution in [-0.4, -0.2) is 6.29 Å². The standard InChI is InChI=1S/C10H6BrFOS/c11-4-6-1-7(12)2-10-9(6)3-8(5-13)14-10/h1-3,5H,4H2. The van der Waals surface area contributed by atoms with Gasteiger partial charge in [-0.2, -0.15) is 0 Å². The van der Waals surface area contributed by atoms with Crippen molar-refractivity contribution in [3.8, 4) is 0 Å². The molecule has 0 aliphatic heterocycles. The molecular formula is C10H6BrFOS. The number of rotatable bonds is 2. The first-order chi connectivity index (χ1) is 6.74. The van der Waals surface area contributed by atoms with Gasteiger partial charge in [0.2, 0.25) is 0 Å². The van der Waals surface area contributed by atoms with Crippen LogP contribution in [0.3, 0.4) is 0 Å². The molecule has 2 aromatic rings. The van der Waals surface area contributed by atoms with Gasteiger partial charge in [-0.05, 0) is 29.1 Å². The van der Waals surface area contributed by atoms with Crippen molar-refractivity contribution >= 4 is 43.6 Å². The zero-order chi connectivity index (χ0) is 10.1. The average molecular weight is 273 g/mol. The van der Waals surface area contributed by atoms with Crippen molar-refractivity contribution in [2.24, 2.45) is 0 Å². The molecule has 0 saturated carbocycles. The Labute approximate surface area is 92.7 Å². The molecule has 0 amide bonds. The van der Waals surface area contributed by atoms with Crippen LogP contribution < -0.4 is 0 Å². The van der Waals surface area contributed by atoms with Gasteiger partial charge in [-0.15, -0.1) is 11.3 Å². The molecule has 14 heavy (non-hydrogen) atoms. The third-order valence-electron chi connectivity index (χ3n) is 1.97. The number of halogens is 2. The highest BCUT2D eigenvalue weighted by atomic mass is 79.9. The fraction of sp³-hybridized carbons (Fsp3) is 0.100. The number of hydrogen-bond donors (Lipinski definition) is 0. The molecule has 0 N–H and O–H groups in total. The summed E-state index contributed by atoms with van der Waals surface area (Å²) < 4.78 is 13.9. The van der Waals surface area contributed by atoms with Crippen LogP contribution in [0.25, 0.3) is 10.1 Å². The molecule has 0 unspecified atom stereocenters. The lowest BCUT2D eigenvalue weighted by Crippen LogP contribution is -1.81. The zero-order valence-electron chi connectivity index (χ0n) is 7.09. The number of carbonyl (C=O) groups is 1. The van der Waals surface area contributed by atoms with Crippen molar-refractivity contribution in [2.75, 3.05) is 0 Å². The third-order valence-corrected chi connectivity index (χ3v) is 3.58. The molecule has 0 aliphatic rings. The van der Waals surface area contributed by atoms with Crippen molar-refractivity contribution in [1.82, 2.24) is 0 Å². The second-order valence-corrected chi connectivity index (χ2v) is 4.55. The van der Waals surface area contributed by atoms with Gasteiger partial charge in [0.15, 0.2) is 6.29 Å². The van der Waals surface area contributed by atoms with E-state index in [4.69, 9.17) is 0 Å². The number of aldehydes is 1. The number of carbonyl (C=O) groups excluding carboxylic acids is 1. The second-order valence-electron chi connectivity index (χ2n) is 2.88. The van der Waals surface area contributed by atoms with Gasteiger partial charge >= 0.3 is 0 Å². The van der Waals surface area contributed by atoms with Crippen LogP contribution >= 0.6 is 27.3 Å². The monoisotopic (exact) mass is 272 g/mol. The summed E-state index contributed by atoms with van der Waals surface area (Å²) in [5, 5.41) is 1.55. The van der Waals surface area contributed by atoms with E-state index >= 15 is 0 Å². The molecule has 1 nitrogen and oxygen atoms in total. The summed E-state index contributed by atoms with van der Waals surface area (Å²) in [6.07, 6.45) is 0.792. The number of fused-ring (bicyclic) bond motifs is 1. The van der Waals surface area contributed by atoms with Crippen LogP contribution in [0, 0.1) is 5.82 Å². The van der Waals surface area contributed by atoms with Crippen LogP contribution in [0.4, 0.5) is 4.39 Å². The zero-order valence-corrected chi connectivity index (χ0v) is 9.49. The maximum absolute atomic E-state index is 13.1. The molecule has 0 saturated heterocycles. The van der Waals surface area contributed by atoms with E-state index in [-0.39, 0.29) is 5.82 Å². The lowest BCUT2D eigenvalue weighted by atomic mass is 10.1. The highest BCUT2D eigenvalue weighted by Crippen LogP contribution is 2.29. The number of benzene rings is 1. The van der Waals surface area contributed by atoms with Crippen LogP contribution in [-0.2, 0) is 5.33 Å². The SMILES string of the molecule is O=Cc1cc2c(CBr)cc(F)cc2s1. The smallest absolute Gasteiger partial charge is 0.160 e. The number of hydrogen-bond acceptors (Lipinski definition) is 2. The number of thiophene rings is 1. The van der Waals surface area contributed by atoms with E-state index in [1.54, 1.807) is 6.07 Å². The lowest BCUT2D eigenvalue weighted by molar-refractivity contribution is 0.112. The summed E-state index contributed by atoms with van der Waals surface area (Å²) >= 11 is 4.61. The molecule has 1 aromatic heterocycles. The molecule has 0 bridgehead atoms. The quantitative estimate of drug-likeness (QED) is 0.601. The summed E-state index contributed by atoms with van der Waals surface area (Å²) in [6.45, 7) is 0. The predicted molar refractivity (Wildman–Crippen MR) is 59.8 cm³/mol. The highest BCUT2D eigenvalue weighted by Gasteiger charge is 2.07. The van der Waals surface area contributed by atoms with Gasteiger partial charge in [-0.3, -0.25) is 4.79 Å². The normalized spacial score (nSPS) is 10.7. The molecule has 4 heteroatoms. The molecule has 0 atom stereocenters. The molecule has 72 valence electrons. The van der Waals surface area contributed by atoms with E-state index in [0.29, 0.717) is 10.2 Å². The minimum atomic E-state index is -0.258. The minimum Gasteiger partial charge on any atom is -0.297 e. The molecule has 1 heterocycles. The van der Waals surface area contributed by atoms with Crippen LogP contribution in [0.15, 0.2) is 18.2 Å². The Morgan fingerprint density at radius 1 is 1.43 bits per heavy atom. The summed E-state index contributed by atoms with van der Waals surface area (Å²) in [5.41, 5.74) is 0.879. The Morgan fingerprint density at radius 2 is 2.21 bits per heavy atom. The van der Waals surface area contributed by atoms with Gasteiger partial charge in [-0.25, -0.2) is 4.39 Å². The molecule has 1 aromatic carbocycles. The summed E-state index contributed by atoms with van der Waals surface area (Å²) in [5.74, 6) is -0.258. The highest BCUT2D eigenvalue weighted by molar-refractivity contribution is 9.08. The molecule has 0 spiro atoms. The maximum Gasteiger partial charge on any atom is 0.160 e. The molecule has 0 fully saturated rings. The van der Waals surface area contributed by atoms with Gasteiger partial charge in [-0.1, -0.05) is 15.9 Å². The number of alkyl halides is 1. The second kappa shape index (κ2) is 3.79. The van der Waals surface area contributed by atoms with Crippen molar-refractivity contribution in [2.45, 2.75) is 5.33 Å². The van der Waals surface area contributed by atoms with Gasteiger partial charge in [0.1, 0.15) is 5.82 Å². The Hall–Kier alpha value is -0.740. The van der Waals surface area contributed by atoms with Crippen molar-refractivity contribution in [1.29, 1.82) is 0 Å². The minimum absolute atomic E-state index is 0.258. The van der Waals surface area contributed by atoms with Gasteiger partial charge < -0.3 is 0 Å². The Bertz CT molecular complexity index is 492. The van der Waals surface area contributed by atoms with E-state index < -0.39 is 0 Å². The van der Waals surface area contributed by atoms with Crippen LogP contribution in [0.2, 0.25) is 0 Å². The van der Waals surface area contributed by atoms with E-state index in [1.807, 2.05) is 0 Å². The first kappa shape index (κ1) is 9.80. The van der Waals surface area contributed by atoms with E-state index in [2.05, 4.69) is 15.9 Å². The van der Waals surface area contributed by atoms with Crippen molar-refractivity contribution < 1.29 is 9.18 Å². The summed E-state index contributed by atoms with van der Waals surface area (Å²) in [7, 11) is 0. The summed E-state index contributed by atoms with van der Waals surface area (Å²) in [4.78, 5) is 11.2. The molecule has 0 radical (unpaired) electrons. The molecule has 0 aliphatic carbocycles.